The molecule has 0 aliphatic carbocycles. The molecule has 0 radical (unpaired) electrons. The maximum absolute atomic E-state index is 12.4. The van der Waals surface area contributed by atoms with Crippen molar-refractivity contribution in [1.29, 1.82) is 0 Å². The number of nitrogens with two attached hydrogens (primary N) is 1. The number of nitrogens with one attached hydrogen (secondary N) is 1. The van der Waals surface area contributed by atoms with Crippen LogP contribution >= 0.6 is 0 Å². The highest BCUT2D eigenvalue weighted by Gasteiger charge is 2.19. The molecule has 76 valence electrons. The average molecular weight is 202 g/mol. The van der Waals surface area contributed by atoms with Crippen molar-refractivity contribution in [1.82, 2.24) is 4.98 Å². The maximum atomic E-state index is 12.4. The Morgan fingerprint density at radius 1 is 1.57 bits per heavy atom. The molecule has 0 saturated heterocycles. The molecule has 4 nitrogen and oxygen atoms in total. The molecule has 0 fully saturated rings. The molecule has 0 aromatic carbocycles. The number of halogens is 2. The van der Waals surface area contributed by atoms with Crippen molar-refractivity contribution in [2.24, 2.45) is 5.73 Å². The predicted molar refractivity (Wildman–Crippen MR) is 45.3 cm³/mol. The lowest BCUT2D eigenvalue weighted by atomic mass is 10.1. The third-order valence-corrected chi connectivity index (χ3v) is 1.81. The molecule has 0 aliphatic heterocycles. The zero-order valence-electron chi connectivity index (χ0n) is 7.09. The van der Waals surface area contributed by atoms with Gasteiger partial charge in [-0.3, -0.25) is 9.59 Å². The van der Waals surface area contributed by atoms with Crippen LogP contribution < -0.4 is 11.3 Å². The van der Waals surface area contributed by atoms with E-state index in [0.717, 1.165) is 6.20 Å². The minimum atomic E-state index is -2.98. The Morgan fingerprint density at radius 2 is 2.21 bits per heavy atom. The van der Waals surface area contributed by atoms with Gasteiger partial charge in [0, 0.05) is 18.3 Å². The van der Waals surface area contributed by atoms with Crippen LogP contribution in [0.15, 0.2) is 11.0 Å². The number of hydrogen-bond donors (Lipinski definition) is 2. The number of rotatable bonds is 3. The highest BCUT2D eigenvalue weighted by molar-refractivity contribution is 5.79. The first-order valence-corrected chi connectivity index (χ1v) is 3.79. The molecule has 0 bridgehead atoms. The van der Waals surface area contributed by atoms with Crippen LogP contribution in [0.1, 0.15) is 27.9 Å². The molecule has 1 aromatic heterocycles. The third kappa shape index (κ3) is 1.69. The van der Waals surface area contributed by atoms with E-state index < -0.39 is 17.5 Å². The molecule has 0 spiro atoms. The lowest BCUT2D eigenvalue weighted by molar-refractivity contribution is 0.110. The van der Waals surface area contributed by atoms with E-state index in [-0.39, 0.29) is 24.0 Å². The zero-order valence-corrected chi connectivity index (χ0v) is 7.09. The number of aromatic nitrogens is 1. The van der Waals surface area contributed by atoms with Gasteiger partial charge in [-0.15, -0.1) is 0 Å². The third-order valence-electron chi connectivity index (χ3n) is 1.81. The SMILES string of the molecule is NCc1c[nH]c(=O)c(C(F)F)c1C=O. The van der Waals surface area contributed by atoms with E-state index in [1.807, 2.05) is 0 Å². The van der Waals surface area contributed by atoms with Gasteiger partial charge in [0.05, 0.1) is 5.56 Å². The first-order valence-electron chi connectivity index (χ1n) is 3.79. The van der Waals surface area contributed by atoms with Crippen LogP contribution in [0.4, 0.5) is 8.78 Å². The van der Waals surface area contributed by atoms with E-state index in [2.05, 4.69) is 4.98 Å². The Labute approximate surface area is 77.7 Å². The molecule has 1 aromatic rings. The lowest BCUT2D eigenvalue weighted by Crippen LogP contribution is -2.19. The second-order valence-electron chi connectivity index (χ2n) is 2.59. The van der Waals surface area contributed by atoms with Crippen molar-refractivity contribution in [3.63, 3.8) is 0 Å². The minimum Gasteiger partial charge on any atom is -0.328 e. The average Bonchev–Trinajstić information content (AvgIpc) is 2.16. The van der Waals surface area contributed by atoms with Gasteiger partial charge in [-0.25, -0.2) is 8.78 Å². The summed E-state index contributed by atoms with van der Waals surface area (Å²) in [5.41, 5.74) is 3.33. The second kappa shape index (κ2) is 4.10. The van der Waals surface area contributed by atoms with Gasteiger partial charge in [0.15, 0.2) is 6.29 Å². The highest BCUT2D eigenvalue weighted by Crippen LogP contribution is 2.19. The summed E-state index contributed by atoms with van der Waals surface area (Å²) in [7, 11) is 0. The highest BCUT2D eigenvalue weighted by atomic mass is 19.3. The molecular formula is C8H8F2N2O2. The molecule has 14 heavy (non-hydrogen) atoms. The lowest BCUT2D eigenvalue weighted by Gasteiger charge is -2.06. The molecule has 1 heterocycles. The zero-order chi connectivity index (χ0) is 10.7. The summed E-state index contributed by atoms with van der Waals surface area (Å²) in [6.07, 6.45) is -1.60. The van der Waals surface area contributed by atoms with Gasteiger partial charge >= 0.3 is 0 Å². The summed E-state index contributed by atoms with van der Waals surface area (Å²) in [5, 5.41) is 0. The quantitative estimate of drug-likeness (QED) is 0.704. The molecule has 0 saturated carbocycles. The number of carbonyl (C=O) groups excluding carboxylic acids is 1. The van der Waals surface area contributed by atoms with Crippen LogP contribution in [0.25, 0.3) is 0 Å². The standard InChI is InChI=1S/C8H8F2N2O2/c9-7(10)6-5(3-13)4(1-11)2-12-8(6)14/h2-3,7H,1,11H2,(H,12,14). The predicted octanol–water partition coefficient (Wildman–Crippen LogP) is 0.584. The summed E-state index contributed by atoms with van der Waals surface area (Å²) < 4.78 is 24.7. The fourth-order valence-electron chi connectivity index (χ4n) is 1.13. The van der Waals surface area contributed by atoms with E-state index >= 15 is 0 Å². The molecule has 0 amide bonds. The van der Waals surface area contributed by atoms with Crippen molar-refractivity contribution in [3.05, 3.63) is 33.2 Å². The summed E-state index contributed by atoms with van der Waals surface area (Å²) in [4.78, 5) is 23.6. The van der Waals surface area contributed by atoms with Crippen LogP contribution in [0.2, 0.25) is 0 Å². The van der Waals surface area contributed by atoms with Gasteiger partial charge < -0.3 is 10.7 Å². The number of pyridine rings is 1. The van der Waals surface area contributed by atoms with Gasteiger partial charge in [0.2, 0.25) is 0 Å². The topological polar surface area (TPSA) is 76.0 Å². The molecule has 0 unspecified atom stereocenters. The summed E-state index contributed by atoms with van der Waals surface area (Å²) >= 11 is 0. The molecule has 0 atom stereocenters. The van der Waals surface area contributed by atoms with Crippen molar-refractivity contribution in [3.8, 4) is 0 Å². The van der Waals surface area contributed by atoms with E-state index in [1.165, 1.54) is 0 Å². The molecular weight excluding hydrogens is 194 g/mol. The van der Waals surface area contributed by atoms with E-state index in [9.17, 15) is 18.4 Å². The van der Waals surface area contributed by atoms with E-state index in [1.54, 1.807) is 0 Å². The van der Waals surface area contributed by atoms with Gasteiger partial charge in [-0.2, -0.15) is 0 Å². The molecule has 0 aliphatic rings. The normalized spacial score (nSPS) is 10.6. The van der Waals surface area contributed by atoms with Gasteiger partial charge in [0.25, 0.3) is 12.0 Å². The Hall–Kier alpha value is -1.56. The van der Waals surface area contributed by atoms with Crippen LogP contribution in [0, 0.1) is 0 Å². The first-order chi connectivity index (χ1) is 6.61. The Kier molecular flexibility index (Phi) is 3.08. The fourth-order valence-corrected chi connectivity index (χ4v) is 1.13. The Morgan fingerprint density at radius 3 is 2.64 bits per heavy atom. The van der Waals surface area contributed by atoms with Crippen LogP contribution in [-0.2, 0) is 6.54 Å². The number of aromatic amines is 1. The van der Waals surface area contributed by atoms with Gasteiger partial charge in [-0.05, 0) is 5.56 Å². The maximum Gasteiger partial charge on any atom is 0.269 e. The summed E-state index contributed by atoms with van der Waals surface area (Å²) in [6, 6.07) is 0. The molecule has 3 N–H and O–H groups in total. The molecule has 1 rings (SSSR count). The smallest absolute Gasteiger partial charge is 0.269 e. The molecule has 6 heteroatoms. The van der Waals surface area contributed by atoms with Gasteiger partial charge in [0.1, 0.15) is 0 Å². The Balaban J connectivity index is 3.51. The number of H-pyrrole nitrogens is 1. The van der Waals surface area contributed by atoms with Gasteiger partial charge in [-0.1, -0.05) is 0 Å². The summed E-state index contributed by atoms with van der Waals surface area (Å²) in [6.45, 7) is -0.0788. The van der Waals surface area contributed by atoms with Crippen molar-refractivity contribution in [2.75, 3.05) is 0 Å². The van der Waals surface area contributed by atoms with Crippen LogP contribution in [0.5, 0.6) is 0 Å². The Bertz CT molecular complexity index is 401. The second-order valence-corrected chi connectivity index (χ2v) is 2.59. The monoisotopic (exact) mass is 202 g/mol. The van der Waals surface area contributed by atoms with Crippen molar-refractivity contribution in [2.45, 2.75) is 13.0 Å². The largest absolute Gasteiger partial charge is 0.328 e. The van der Waals surface area contributed by atoms with E-state index in [0.29, 0.717) is 0 Å². The van der Waals surface area contributed by atoms with Crippen LogP contribution in [0.3, 0.4) is 0 Å². The number of aldehydes is 1. The number of hydrogen-bond acceptors (Lipinski definition) is 3. The van der Waals surface area contributed by atoms with E-state index in [4.69, 9.17) is 5.73 Å². The van der Waals surface area contributed by atoms with Crippen molar-refractivity contribution >= 4 is 6.29 Å². The first kappa shape index (κ1) is 10.5. The fraction of sp³-hybridized carbons (Fsp3) is 0.250. The minimum absolute atomic E-state index is 0.0788. The van der Waals surface area contributed by atoms with Crippen LogP contribution in [-0.4, -0.2) is 11.3 Å². The summed E-state index contributed by atoms with van der Waals surface area (Å²) in [5.74, 6) is 0. The van der Waals surface area contributed by atoms with Crippen molar-refractivity contribution < 1.29 is 13.6 Å². The number of alkyl halides is 2. The number of carbonyl (C=O) groups is 1.